The summed E-state index contributed by atoms with van der Waals surface area (Å²) >= 11 is 0. The van der Waals surface area contributed by atoms with Crippen molar-refractivity contribution in [2.75, 3.05) is 26.3 Å². The Balaban J connectivity index is 1.42. The first kappa shape index (κ1) is 26.2. The molecule has 2 aromatic carbocycles. The second-order valence-corrected chi connectivity index (χ2v) is 8.01. The van der Waals surface area contributed by atoms with E-state index >= 15 is 0 Å². The summed E-state index contributed by atoms with van der Waals surface area (Å²) in [4.78, 5) is 0. The predicted molar refractivity (Wildman–Crippen MR) is 121 cm³/mol. The lowest BCUT2D eigenvalue weighted by Crippen LogP contribution is -2.32. The number of unbranched alkanes of at least 4 members (excludes halogenated alkanes) is 3. The number of ether oxygens (including phenoxy) is 1. The van der Waals surface area contributed by atoms with Crippen LogP contribution in [-0.4, -0.2) is 47.7 Å². The molecular formula is C25H35F2NO4. The number of aliphatic hydroxyl groups is 2. The van der Waals surface area contributed by atoms with Gasteiger partial charge in [-0.3, -0.25) is 0 Å². The third kappa shape index (κ3) is 9.61. The Hall–Kier alpha value is -2.06. The maximum atomic E-state index is 14.0. The van der Waals surface area contributed by atoms with Crippen LogP contribution in [0.4, 0.5) is 8.78 Å². The number of phenols is 1. The lowest BCUT2D eigenvalue weighted by Gasteiger charge is -2.18. The molecule has 0 aromatic heterocycles. The molecule has 7 heteroatoms. The monoisotopic (exact) mass is 451 g/mol. The quantitative estimate of drug-likeness (QED) is 0.282. The zero-order valence-electron chi connectivity index (χ0n) is 18.4. The van der Waals surface area contributed by atoms with Gasteiger partial charge in [-0.1, -0.05) is 55.3 Å². The second kappa shape index (κ2) is 14.2. The second-order valence-electron chi connectivity index (χ2n) is 8.01. The minimum atomic E-state index is -2.81. The zero-order valence-corrected chi connectivity index (χ0v) is 18.4. The van der Waals surface area contributed by atoms with Gasteiger partial charge in [-0.15, -0.1) is 0 Å². The van der Waals surface area contributed by atoms with E-state index in [4.69, 9.17) is 4.74 Å². The van der Waals surface area contributed by atoms with E-state index in [9.17, 15) is 24.1 Å². The SMILES string of the molecule is Oc1ccc(C(O)C(O)CNCCCCCCOCCCC(F)(F)c2ccccc2)cc1. The Labute approximate surface area is 189 Å². The Morgan fingerprint density at radius 1 is 0.844 bits per heavy atom. The van der Waals surface area contributed by atoms with Crippen molar-refractivity contribution >= 4 is 0 Å². The first-order valence-corrected chi connectivity index (χ1v) is 11.3. The molecule has 32 heavy (non-hydrogen) atoms. The fourth-order valence-electron chi connectivity index (χ4n) is 3.39. The summed E-state index contributed by atoms with van der Waals surface area (Å²) < 4.78 is 33.5. The van der Waals surface area contributed by atoms with Gasteiger partial charge in [0.05, 0.1) is 6.10 Å². The molecule has 0 radical (unpaired) electrons. The average molecular weight is 452 g/mol. The van der Waals surface area contributed by atoms with Gasteiger partial charge in [0, 0.05) is 31.7 Å². The van der Waals surface area contributed by atoms with Gasteiger partial charge in [-0.25, -0.2) is 8.78 Å². The molecule has 178 valence electrons. The van der Waals surface area contributed by atoms with Crippen LogP contribution in [0.1, 0.15) is 55.8 Å². The third-order valence-corrected chi connectivity index (χ3v) is 5.32. The predicted octanol–water partition coefficient (Wildman–Crippen LogP) is 4.53. The smallest absolute Gasteiger partial charge is 0.273 e. The molecule has 2 atom stereocenters. The van der Waals surface area contributed by atoms with Crippen LogP contribution in [-0.2, 0) is 10.7 Å². The Bertz CT molecular complexity index is 743. The van der Waals surface area contributed by atoms with Crippen LogP contribution in [0.25, 0.3) is 0 Å². The number of aromatic hydroxyl groups is 1. The van der Waals surface area contributed by atoms with Crippen molar-refractivity contribution in [3.8, 4) is 5.75 Å². The summed E-state index contributed by atoms with van der Waals surface area (Å²) in [6.45, 7) is 1.92. The van der Waals surface area contributed by atoms with Gasteiger partial charge in [-0.05, 0) is 43.5 Å². The van der Waals surface area contributed by atoms with E-state index in [1.807, 2.05) is 0 Å². The normalized spacial score (nSPS) is 13.8. The van der Waals surface area contributed by atoms with Crippen LogP contribution >= 0.6 is 0 Å². The molecule has 0 aliphatic heterocycles. The molecule has 0 bridgehead atoms. The number of benzene rings is 2. The molecule has 2 unspecified atom stereocenters. The largest absolute Gasteiger partial charge is 0.508 e. The van der Waals surface area contributed by atoms with E-state index in [1.54, 1.807) is 30.3 Å². The molecule has 0 aliphatic carbocycles. The van der Waals surface area contributed by atoms with Crippen molar-refractivity contribution in [2.45, 2.75) is 56.7 Å². The van der Waals surface area contributed by atoms with Gasteiger partial charge < -0.3 is 25.4 Å². The molecule has 0 fully saturated rings. The highest BCUT2D eigenvalue weighted by atomic mass is 19.3. The molecule has 0 aliphatic rings. The van der Waals surface area contributed by atoms with Crippen molar-refractivity contribution < 1.29 is 28.8 Å². The number of halogens is 2. The standard InChI is InChI=1S/C25H35F2NO4/c26-25(27,21-9-4-3-5-10-21)15-8-18-32-17-7-2-1-6-16-28-19-23(30)24(31)20-11-13-22(29)14-12-20/h3-5,9-14,23-24,28-31H,1-2,6-8,15-19H2. The highest BCUT2D eigenvalue weighted by molar-refractivity contribution is 5.27. The molecular weight excluding hydrogens is 416 g/mol. The van der Waals surface area contributed by atoms with Gasteiger partial charge in [0.1, 0.15) is 11.9 Å². The fraction of sp³-hybridized carbons (Fsp3) is 0.520. The van der Waals surface area contributed by atoms with Gasteiger partial charge in [-0.2, -0.15) is 0 Å². The van der Waals surface area contributed by atoms with Crippen LogP contribution in [0.15, 0.2) is 54.6 Å². The number of rotatable bonds is 16. The first-order chi connectivity index (χ1) is 15.4. The summed E-state index contributed by atoms with van der Waals surface area (Å²) in [6, 6.07) is 14.0. The third-order valence-electron chi connectivity index (χ3n) is 5.32. The zero-order chi connectivity index (χ0) is 23.2. The van der Waals surface area contributed by atoms with Crippen molar-refractivity contribution in [1.29, 1.82) is 0 Å². The van der Waals surface area contributed by atoms with Gasteiger partial charge in [0.2, 0.25) is 0 Å². The van der Waals surface area contributed by atoms with Crippen LogP contribution in [0, 0.1) is 0 Å². The summed E-state index contributed by atoms with van der Waals surface area (Å²) in [5.74, 6) is -2.70. The highest BCUT2D eigenvalue weighted by Crippen LogP contribution is 2.32. The van der Waals surface area contributed by atoms with E-state index in [1.165, 1.54) is 24.3 Å². The molecule has 0 amide bonds. The van der Waals surface area contributed by atoms with E-state index in [0.717, 1.165) is 32.2 Å². The number of hydrogen-bond acceptors (Lipinski definition) is 5. The first-order valence-electron chi connectivity index (χ1n) is 11.3. The number of aliphatic hydroxyl groups excluding tert-OH is 2. The van der Waals surface area contributed by atoms with Crippen molar-refractivity contribution in [3.63, 3.8) is 0 Å². The fourth-order valence-corrected chi connectivity index (χ4v) is 3.39. The van der Waals surface area contributed by atoms with Crippen LogP contribution in [0.5, 0.6) is 5.75 Å². The van der Waals surface area contributed by atoms with E-state index in [-0.39, 0.29) is 24.3 Å². The van der Waals surface area contributed by atoms with Gasteiger partial charge >= 0.3 is 0 Å². The summed E-state index contributed by atoms with van der Waals surface area (Å²) in [6.07, 6.45) is 1.98. The number of hydrogen-bond donors (Lipinski definition) is 4. The lowest BCUT2D eigenvalue weighted by atomic mass is 10.0. The van der Waals surface area contributed by atoms with Crippen LogP contribution in [0.3, 0.4) is 0 Å². The molecule has 0 spiro atoms. The van der Waals surface area contributed by atoms with E-state index in [0.29, 0.717) is 25.2 Å². The Morgan fingerprint density at radius 3 is 2.22 bits per heavy atom. The molecule has 5 nitrogen and oxygen atoms in total. The van der Waals surface area contributed by atoms with Crippen molar-refractivity contribution in [1.82, 2.24) is 5.32 Å². The van der Waals surface area contributed by atoms with E-state index in [2.05, 4.69) is 5.32 Å². The number of alkyl halides is 2. The topological polar surface area (TPSA) is 82.0 Å². The van der Waals surface area contributed by atoms with Gasteiger partial charge in [0.25, 0.3) is 5.92 Å². The summed E-state index contributed by atoms with van der Waals surface area (Å²) in [7, 11) is 0. The van der Waals surface area contributed by atoms with E-state index < -0.39 is 18.1 Å². The highest BCUT2D eigenvalue weighted by Gasteiger charge is 2.30. The van der Waals surface area contributed by atoms with Crippen LogP contribution < -0.4 is 5.32 Å². The minimum Gasteiger partial charge on any atom is -0.508 e. The molecule has 0 saturated carbocycles. The molecule has 2 rings (SSSR count). The minimum absolute atomic E-state index is 0.0518. The number of phenolic OH excluding ortho intramolecular Hbond substituents is 1. The summed E-state index contributed by atoms with van der Waals surface area (Å²) in [5, 5.41) is 32.6. The molecule has 4 N–H and O–H groups in total. The number of nitrogens with one attached hydrogen (secondary N) is 1. The maximum absolute atomic E-state index is 14.0. The van der Waals surface area contributed by atoms with Gasteiger partial charge in [0.15, 0.2) is 0 Å². The molecule has 0 heterocycles. The summed E-state index contributed by atoms with van der Waals surface area (Å²) in [5.41, 5.74) is 0.608. The lowest BCUT2D eigenvalue weighted by molar-refractivity contribution is -0.0226. The Morgan fingerprint density at radius 2 is 1.50 bits per heavy atom. The van der Waals surface area contributed by atoms with Crippen LogP contribution in [0.2, 0.25) is 0 Å². The molecule has 2 aromatic rings. The molecule has 0 saturated heterocycles. The maximum Gasteiger partial charge on any atom is 0.273 e. The average Bonchev–Trinajstić information content (AvgIpc) is 2.80. The van der Waals surface area contributed by atoms with Crippen molar-refractivity contribution in [2.24, 2.45) is 0 Å². The Kier molecular flexibility index (Phi) is 11.6. The van der Waals surface area contributed by atoms with Crippen molar-refractivity contribution in [3.05, 3.63) is 65.7 Å².